The van der Waals surface area contributed by atoms with E-state index in [-0.39, 0.29) is 35.5 Å². The molecule has 1 aliphatic rings. The number of allylic oxidation sites excluding steroid dienone is 2. The second-order valence-corrected chi connectivity index (χ2v) is 6.56. The van der Waals surface area contributed by atoms with Gasteiger partial charge in [-0.2, -0.15) is 0 Å². The third kappa shape index (κ3) is 3.18. The molecule has 2 atom stereocenters. The average Bonchev–Trinajstić information content (AvgIpc) is 2.96. The van der Waals surface area contributed by atoms with Gasteiger partial charge in [0.05, 0.1) is 16.4 Å². The van der Waals surface area contributed by atoms with Crippen molar-refractivity contribution >= 4 is 11.7 Å². The molecule has 1 aromatic rings. The largest absolute Gasteiger partial charge is 0.460 e. The van der Waals surface area contributed by atoms with E-state index < -0.39 is 4.92 Å². The highest BCUT2D eigenvalue weighted by Gasteiger charge is 2.61. The molecule has 0 heterocycles. The van der Waals surface area contributed by atoms with Crippen molar-refractivity contribution in [3.8, 4) is 0 Å². The van der Waals surface area contributed by atoms with Gasteiger partial charge in [-0.3, -0.25) is 14.9 Å². The van der Waals surface area contributed by atoms with Crippen molar-refractivity contribution in [3.05, 3.63) is 51.6 Å². The third-order valence-electron chi connectivity index (χ3n) is 4.24. The number of rotatable bonds is 5. The average molecular weight is 303 g/mol. The first-order valence-corrected chi connectivity index (χ1v) is 7.29. The molecule has 0 saturated heterocycles. The van der Waals surface area contributed by atoms with Gasteiger partial charge in [-0.15, -0.1) is 0 Å². The second kappa shape index (κ2) is 5.91. The van der Waals surface area contributed by atoms with Gasteiger partial charge in [-0.25, -0.2) is 0 Å². The lowest BCUT2D eigenvalue weighted by atomic mass is 10.1. The van der Waals surface area contributed by atoms with E-state index in [1.807, 2.05) is 27.7 Å². The fraction of sp³-hybridized carbons (Fsp3) is 0.471. The zero-order valence-corrected chi connectivity index (χ0v) is 13.3. The minimum atomic E-state index is -0.462. The Balaban J connectivity index is 2.03. The molecule has 0 radical (unpaired) electrons. The molecule has 2 rings (SSSR count). The van der Waals surface area contributed by atoms with Crippen molar-refractivity contribution in [2.45, 2.75) is 34.3 Å². The number of ether oxygens (including phenoxy) is 1. The number of carbonyl (C=O) groups is 1. The summed E-state index contributed by atoms with van der Waals surface area (Å²) in [5.41, 5.74) is 1.45. The highest BCUT2D eigenvalue weighted by Crippen LogP contribution is 2.59. The zero-order valence-electron chi connectivity index (χ0n) is 13.3. The number of esters is 1. The maximum atomic E-state index is 12.2. The predicted octanol–water partition coefficient (Wildman–Crippen LogP) is 3.88. The van der Waals surface area contributed by atoms with Crippen LogP contribution in [0, 0.1) is 27.4 Å². The summed E-state index contributed by atoms with van der Waals surface area (Å²) >= 11 is 0. The van der Waals surface area contributed by atoms with E-state index in [0.717, 1.165) is 0 Å². The van der Waals surface area contributed by atoms with Crippen LogP contribution in [0.3, 0.4) is 0 Å². The van der Waals surface area contributed by atoms with Crippen LogP contribution in [0.2, 0.25) is 0 Å². The maximum absolute atomic E-state index is 12.2. The van der Waals surface area contributed by atoms with Crippen molar-refractivity contribution in [1.29, 1.82) is 0 Å². The van der Waals surface area contributed by atoms with Gasteiger partial charge in [0.25, 0.3) is 5.69 Å². The Bertz CT molecular complexity index is 629. The van der Waals surface area contributed by atoms with Crippen molar-refractivity contribution in [3.63, 3.8) is 0 Å². The molecule has 0 unspecified atom stereocenters. The molecule has 0 aliphatic heterocycles. The lowest BCUT2D eigenvalue weighted by Crippen LogP contribution is -2.11. The van der Waals surface area contributed by atoms with Crippen LogP contribution in [0.4, 0.5) is 5.69 Å². The van der Waals surface area contributed by atoms with E-state index >= 15 is 0 Å². The Labute approximate surface area is 130 Å². The van der Waals surface area contributed by atoms with E-state index in [4.69, 9.17) is 4.74 Å². The molecular formula is C17H21NO4. The predicted molar refractivity (Wildman–Crippen MR) is 83.1 cm³/mol. The Morgan fingerprint density at radius 3 is 2.59 bits per heavy atom. The highest BCUT2D eigenvalue weighted by molar-refractivity contribution is 5.78. The Morgan fingerprint density at radius 1 is 1.36 bits per heavy atom. The van der Waals surface area contributed by atoms with Crippen LogP contribution in [0.5, 0.6) is 0 Å². The topological polar surface area (TPSA) is 69.4 Å². The highest BCUT2D eigenvalue weighted by atomic mass is 16.6. The van der Waals surface area contributed by atoms with Crippen LogP contribution in [0.1, 0.15) is 33.3 Å². The molecule has 0 bridgehead atoms. The molecule has 1 fully saturated rings. The van der Waals surface area contributed by atoms with E-state index in [1.165, 1.54) is 11.6 Å². The molecule has 0 aromatic heterocycles. The van der Waals surface area contributed by atoms with E-state index in [1.54, 1.807) is 18.2 Å². The Hall–Kier alpha value is -2.17. The van der Waals surface area contributed by atoms with E-state index in [0.29, 0.717) is 5.56 Å². The molecule has 0 spiro atoms. The quantitative estimate of drug-likeness (QED) is 0.358. The van der Waals surface area contributed by atoms with Gasteiger partial charge in [0.15, 0.2) is 0 Å². The van der Waals surface area contributed by atoms with E-state index in [9.17, 15) is 14.9 Å². The van der Waals surface area contributed by atoms with Gasteiger partial charge in [0, 0.05) is 6.07 Å². The molecule has 1 aromatic carbocycles. The van der Waals surface area contributed by atoms with Gasteiger partial charge < -0.3 is 4.74 Å². The van der Waals surface area contributed by atoms with Crippen LogP contribution in [0.25, 0.3) is 0 Å². The van der Waals surface area contributed by atoms with Crippen LogP contribution in [-0.4, -0.2) is 10.9 Å². The van der Waals surface area contributed by atoms with Crippen molar-refractivity contribution < 1.29 is 14.5 Å². The molecule has 0 amide bonds. The molecule has 1 aliphatic carbocycles. The lowest BCUT2D eigenvalue weighted by Gasteiger charge is -2.06. The molecule has 1 saturated carbocycles. The molecule has 118 valence electrons. The summed E-state index contributed by atoms with van der Waals surface area (Å²) < 4.78 is 5.32. The van der Waals surface area contributed by atoms with Crippen LogP contribution >= 0.6 is 0 Å². The molecule has 22 heavy (non-hydrogen) atoms. The van der Waals surface area contributed by atoms with Crippen LogP contribution in [-0.2, 0) is 16.1 Å². The summed E-state index contributed by atoms with van der Waals surface area (Å²) in [4.78, 5) is 22.7. The summed E-state index contributed by atoms with van der Waals surface area (Å²) in [6.45, 7) is 8.01. The van der Waals surface area contributed by atoms with Crippen molar-refractivity contribution in [1.82, 2.24) is 0 Å². The van der Waals surface area contributed by atoms with Gasteiger partial charge >= 0.3 is 5.97 Å². The number of hydrogen-bond acceptors (Lipinski definition) is 4. The van der Waals surface area contributed by atoms with Gasteiger partial charge in [0.1, 0.15) is 6.61 Å². The van der Waals surface area contributed by atoms with Gasteiger partial charge in [0.2, 0.25) is 0 Å². The molecule has 0 N–H and O–H groups in total. The first-order chi connectivity index (χ1) is 10.2. The third-order valence-corrected chi connectivity index (χ3v) is 4.24. The monoisotopic (exact) mass is 303 g/mol. The maximum Gasteiger partial charge on any atom is 0.310 e. The fourth-order valence-electron chi connectivity index (χ4n) is 2.85. The van der Waals surface area contributed by atoms with Gasteiger partial charge in [-0.1, -0.05) is 37.6 Å². The van der Waals surface area contributed by atoms with Crippen molar-refractivity contribution in [2.24, 2.45) is 17.3 Å². The van der Waals surface area contributed by atoms with Crippen LogP contribution in [0.15, 0.2) is 35.9 Å². The number of nitro benzene ring substituents is 1. The number of hydrogen-bond donors (Lipinski definition) is 0. The minimum Gasteiger partial charge on any atom is -0.460 e. The summed E-state index contributed by atoms with van der Waals surface area (Å²) in [7, 11) is 0. The zero-order chi connectivity index (χ0) is 16.5. The van der Waals surface area contributed by atoms with E-state index in [2.05, 4.69) is 6.08 Å². The SMILES string of the molecule is CC(C)=C[C@@H]1[C@@H](C(=O)OCc2ccccc2[N+](=O)[O-])C1(C)C. The molecular weight excluding hydrogens is 282 g/mol. The Morgan fingerprint density at radius 2 is 2.00 bits per heavy atom. The number of benzene rings is 1. The smallest absolute Gasteiger partial charge is 0.310 e. The first kappa shape index (κ1) is 16.2. The van der Waals surface area contributed by atoms with Crippen LogP contribution < -0.4 is 0 Å². The summed E-state index contributed by atoms with van der Waals surface area (Å²) in [6, 6.07) is 6.31. The number of nitrogens with zero attached hydrogens (tertiary/aromatic N) is 1. The normalized spacial score (nSPS) is 21.8. The second-order valence-electron chi connectivity index (χ2n) is 6.56. The molecule has 5 nitrogen and oxygen atoms in total. The number of carbonyl (C=O) groups excluding carboxylic acids is 1. The summed E-state index contributed by atoms with van der Waals surface area (Å²) in [6.07, 6.45) is 2.09. The minimum absolute atomic E-state index is 0.0220. The summed E-state index contributed by atoms with van der Waals surface area (Å²) in [5.74, 6) is -0.286. The number of para-hydroxylation sites is 1. The lowest BCUT2D eigenvalue weighted by molar-refractivity contribution is -0.385. The van der Waals surface area contributed by atoms with Gasteiger partial charge in [-0.05, 0) is 31.2 Å². The van der Waals surface area contributed by atoms with Crippen molar-refractivity contribution in [2.75, 3.05) is 0 Å². The standard InChI is InChI=1S/C17H21NO4/c1-11(2)9-13-15(17(13,3)4)16(19)22-10-12-7-5-6-8-14(12)18(20)21/h5-9,13,15H,10H2,1-4H3/t13-,15+/m1/s1. The fourth-order valence-corrected chi connectivity index (χ4v) is 2.85. The summed E-state index contributed by atoms with van der Waals surface area (Å²) in [5, 5.41) is 10.9. The number of nitro groups is 1. The molecule has 5 heteroatoms. The first-order valence-electron chi connectivity index (χ1n) is 7.29. The Kier molecular flexibility index (Phi) is 4.35.